The first-order chi connectivity index (χ1) is 13.5. The fourth-order valence-electron chi connectivity index (χ4n) is 4.48. The Balaban J connectivity index is 1.37. The SMILES string of the molecule is CC(C)N1CCN(C(=O)C2CCc3sc(C(=O)N4CCOCC4)cc3C2)CC1. The Kier molecular flexibility index (Phi) is 6.04. The van der Waals surface area contributed by atoms with Crippen LogP contribution in [0.3, 0.4) is 0 Å². The molecule has 2 fully saturated rings. The molecule has 0 N–H and O–H groups in total. The van der Waals surface area contributed by atoms with Gasteiger partial charge >= 0.3 is 0 Å². The van der Waals surface area contributed by atoms with Crippen LogP contribution in [0.1, 0.15) is 40.4 Å². The van der Waals surface area contributed by atoms with E-state index in [0.29, 0.717) is 38.3 Å². The fourth-order valence-corrected chi connectivity index (χ4v) is 5.66. The summed E-state index contributed by atoms with van der Waals surface area (Å²) in [5, 5.41) is 0. The number of ether oxygens (including phenoxy) is 1. The number of rotatable bonds is 3. The van der Waals surface area contributed by atoms with Crippen molar-refractivity contribution < 1.29 is 14.3 Å². The Hall–Kier alpha value is -1.44. The number of piperazine rings is 1. The highest BCUT2D eigenvalue weighted by atomic mass is 32.1. The van der Waals surface area contributed by atoms with Crippen molar-refractivity contribution in [1.82, 2.24) is 14.7 Å². The van der Waals surface area contributed by atoms with Crippen LogP contribution in [0.4, 0.5) is 0 Å². The number of hydrogen-bond acceptors (Lipinski definition) is 5. The summed E-state index contributed by atoms with van der Waals surface area (Å²) in [6, 6.07) is 2.59. The first kappa shape index (κ1) is 19.9. The van der Waals surface area contributed by atoms with Gasteiger partial charge in [-0.1, -0.05) is 0 Å². The lowest BCUT2D eigenvalue weighted by Gasteiger charge is -2.38. The predicted molar refractivity (Wildman–Crippen MR) is 110 cm³/mol. The lowest BCUT2D eigenvalue weighted by atomic mass is 9.87. The highest BCUT2D eigenvalue weighted by molar-refractivity contribution is 7.14. The van der Waals surface area contributed by atoms with E-state index >= 15 is 0 Å². The van der Waals surface area contributed by atoms with Gasteiger partial charge in [-0.05, 0) is 44.7 Å². The van der Waals surface area contributed by atoms with Gasteiger partial charge in [0.1, 0.15) is 0 Å². The van der Waals surface area contributed by atoms with E-state index in [4.69, 9.17) is 4.74 Å². The lowest BCUT2D eigenvalue weighted by Crippen LogP contribution is -2.52. The third kappa shape index (κ3) is 4.11. The molecule has 0 aromatic carbocycles. The van der Waals surface area contributed by atoms with E-state index in [0.717, 1.165) is 50.3 Å². The Morgan fingerprint density at radius 2 is 1.79 bits per heavy atom. The van der Waals surface area contributed by atoms with Gasteiger partial charge in [0.25, 0.3) is 5.91 Å². The molecule has 1 aromatic rings. The third-order valence-corrected chi connectivity index (χ3v) is 7.52. The van der Waals surface area contributed by atoms with Crippen molar-refractivity contribution in [3.63, 3.8) is 0 Å². The molecule has 6 nitrogen and oxygen atoms in total. The normalized spacial score (nSPS) is 23.8. The molecule has 0 bridgehead atoms. The minimum absolute atomic E-state index is 0.0686. The molecule has 0 radical (unpaired) electrons. The van der Waals surface area contributed by atoms with Crippen molar-refractivity contribution in [2.75, 3.05) is 52.5 Å². The maximum atomic E-state index is 13.0. The minimum Gasteiger partial charge on any atom is -0.378 e. The maximum Gasteiger partial charge on any atom is 0.264 e. The molecule has 154 valence electrons. The number of hydrogen-bond donors (Lipinski definition) is 0. The van der Waals surface area contributed by atoms with Gasteiger partial charge in [-0.3, -0.25) is 14.5 Å². The Morgan fingerprint density at radius 1 is 1.07 bits per heavy atom. The molecule has 3 aliphatic rings. The van der Waals surface area contributed by atoms with Crippen molar-refractivity contribution in [1.29, 1.82) is 0 Å². The zero-order valence-electron chi connectivity index (χ0n) is 17.0. The minimum atomic E-state index is 0.0686. The van der Waals surface area contributed by atoms with Crippen LogP contribution in [0.15, 0.2) is 6.07 Å². The fraction of sp³-hybridized carbons (Fsp3) is 0.714. The average molecular weight is 406 g/mol. The Bertz CT molecular complexity index is 718. The average Bonchev–Trinajstić information content (AvgIpc) is 3.16. The van der Waals surface area contributed by atoms with Crippen LogP contribution in [0, 0.1) is 5.92 Å². The first-order valence-electron chi connectivity index (χ1n) is 10.5. The summed E-state index contributed by atoms with van der Waals surface area (Å²) in [6.45, 7) is 10.6. The summed E-state index contributed by atoms with van der Waals surface area (Å²) >= 11 is 1.63. The number of carbonyl (C=O) groups is 2. The second kappa shape index (κ2) is 8.51. The van der Waals surface area contributed by atoms with Crippen molar-refractivity contribution >= 4 is 23.2 Å². The molecule has 1 atom stereocenters. The van der Waals surface area contributed by atoms with Gasteiger partial charge in [-0.25, -0.2) is 0 Å². The van der Waals surface area contributed by atoms with Gasteiger partial charge in [-0.2, -0.15) is 0 Å². The van der Waals surface area contributed by atoms with E-state index in [2.05, 4.69) is 23.6 Å². The molecule has 0 saturated carbocycles. The molecule has 4 rings (SSSR count). The van der Waals surface area contributed by atoms with Crippen LogP contribution in [0.25, 0.3) is 0 Å². The van der Waals surface area contributed by atoms with Gasteiger partial charge in [0.05, 0.1) is 18.1 Å². The smallest absolute Gasteiger partial charge is 0.264 e. The molecule has 7 heteroatoms. The maximum absolute atomic E-state index is 13.0. The van der Waals surface area contributed by atoms with Crippen LogP contribution >= 0.6 is 11.3 Å². The molecule has 2 saturated heterocycles. The first-order valence-corrected chi connectivity index (χ1v) is 11.4. The molecule has 0 spiro atoms. The van der Waals surface area contributed by atoms with Crippen LogP contribution in [0.5, 0.6) is 0 Å². The van der Waals surface area contributed by atoms with Crippen LogP contribution < -0.4 is 0 Å². The second-order valence-electron chi connectivity index (χ2n) is 8.36. The van der Waals surface area contributed by atoms with E-state index in [1.54, 1.807) is 11.3 Å². The van der Waals surface area contributed by atoms with Gasteiger partial charge in [0.2, 0.25) is 5.91 Å². The molecule has 1 aromatic heterocycles. The summed E-state index contributed by atoms with van der Waals surface area (Å²) in [7, 11) is 0. The monoisotopic (exact) mass is 405 g/mol. The van der Waals surface area contributed by atoms with Crippen molar-refractivity contribution in [2.24, 2.45) is 5.92 Å². The van der Waals surface area contributed by atoms with Crippen molar-refractivity contribution in [3.05, 3.63) is 21.4 Å². The zero-order valence-corrected chi connectivity index (χ0v) is 17.8. The van der Waals surface area contributed by atoms with E-state index in [1.165, 1.54) is 10.4 Å². The number of aryl methyl sites for hydroxylation is 1. The highest BCUT2D eigenvalue weighted by Gasteiger charge is 2.32. The van der Waals surface area contributed by atoms with Crippen LogP contribution in [0.2, 0.25) is 0 Å². The highest BCUT2D eigenvalue weighted by Crippen LogP contribution is 2.34. The second-order valence-corrected chi connectivity index (χ2v) is 9.50. The molecular formula is C21H31N3O3S. The number of nitrogens with zero attached hydrogens (tertiary/aromatic N) is 3. The van der Waals surface area contributed by atoms with E-state index in [9.17, 15) is 9.59 Å². The van der Waals surface area contributed by atoms with Gasteiger partial charge < -0.3 is 14.5 Å². The Morgan fingerprint density at radius 3 is 2.46 bits per heavy atom. The van der Waals surface area contributed by atoms with E-state index in [1.807, 2.05) is 11.0 Å². The summed E-state index contributed by atoms with van der Waals surface area (Å²) in [5.41, 5.74) is 1.21. The summed E-state index contributed by atoms with van der Waals surface area (Å²) in [6.07, 6.45) is 2.60. The summed E-state index contributed by atoms with van der Waals surface area (Å²) in [5.74, 6) is 0.496. The molecule has 1 unspecified atom stereocenters. The van der Waals surface area contributed by atoms with Gasteiger partial charge in [-0.15, -0.1) is 11.3 Å². The molecular weight excluding hydrogens is 374 g/mol. The molecule has 2 amide bonds. The van der Waals surface area contributed by atoms with E-state index < -0.39 is 0 Å². The molecule has 1 aliphatic carbocycles. The molecule has 3 heterocycles. The predicted octanol–water partition coefficient (Wildman–Crippen LogP) is 1.88. The number of fused-ring (bicyclic) bond motifs is 1. The number of amides is 2. The molecule has 28 heavy (non-hydrogen) atoms. The number of morpholine rings is 1. The van der Waals surface area contributed by atoms with Gasteiger partial charge in [0.15, 0.2) is 0 Å². The summed E-state index contributed by atoms with van der Waals surface area (Å²) < 4.78 is 5.35. The number of carbonyl (C=O) groups excluding carboxylic acids is 2. The standard InChI is InChI=1S/C21H31N3O3S/c1-15(2)22-5-7-23(8-6-22)20(25)16-3-4-18-17(13-16)14-19(28-18)21(26)24-9-11-27-12-10-24/h14-16H,3-13H2,1-2H3. The third-order valence-electron chi connectivity index (χ3n) is 6.30. The largest absolute Gasteiger partial charge is 0.378 e. The van der Waals surface area contributed by atoms with E-state index in [-0.39, 0.29) is 11.8 Å². The topological polar surface area (TPSA) is 53.1 Å². The van der Waals surface area contributed by atoms with Gasteiger partial charge in [0, 0.05) is 56.1 Å². The molecule has 2 aliphatic heterocycles. The zero-order chi connectivity index (χ0) is 19.7. The quantitative estimate of drug-likeness (QED) is 0.771. The van der Waals surface area contributed by atoms with Crippen LogP contribution in [-0.4, -0.2) is 85.0 Å². The van der Waals surface area contributed by atoms with Crippen molar-refractivity contribution in [2.45, 2.75) is 39.2 Å². The Labute approximate surface area is 171 Å². The van der Waals surface area contributed by atoms with Crippen LogP contribution in [-0.2, 0) is 22.4 Å². The number of thiophene rings is 1. The summed E-state index contributed by atoms with van der Waals surface area (Å²) in [4.78, 5) is 34.3. The lowest BCUT2D eigenvalue weighted by molar-refractivity contribution is -0.137. The van der Waals surface area contributed by atoms with Crippen molar-refractivity contribution in [3.8, 4) is 0 Å².